The third kappa shape index (κ3) is 7.67. The maximum absolute atomic E-state index is 13.3. The number of pyridine rings is 1. The van der Waals surface area contributed by atoms with Gasteiger partial charge in [-0.15, -0.1) is 0 Å². The minimum absolute atomic E-state index is 0.0708. The average Bonchev–Trinajstić information content (AvgIpc) is 3.51. The summed E-state index contributed by atoms with van der Waals surface area (Å²) in [6.45, 7) is 1.05. The molecule has 1 unspecified atom stereocenters. The van der Waals surface area contributed by atoms with Gasteiger partial charge in [-0.1, -0.05) is 35.5 Å². The van der Waals surface area contributed by atoms with Crippen LogP contribution in [0.25, 0.3) is 11.4 Å². The first-order valence-corrected chi connectivity index (χ1v) is 14.9. The van der Waals surface area contributed by atoms with E-state index in [1.54, 1.807) is 54.9 Å². The minimum atomic E-state index is -3.84. The summed E-state index contributed by atoms with van der Waals surface area (Å²) in [6, 6.07) is 22.6. The average molecular weight is 604 g/mol. The van der Waals surface area contributed by atoms with Crippen molar-refractivity contribution in [1.82, 2.24) is 20.4 Å². The van der Waals surface area contributed by atoms with Crippen molar-refractivity contribution in [3.8, 4) is 11.4 Å². The summed E-state index contributed by atoms with van der Waals surface area (Å²) in [6.07, 6.45) is 2.69. The van der Waals surface area contributed by atoms with E-state index < -0.39 is 22.2 Å². The predicted molar refractivity (Wildman–Crippen MR) is 158 cm³/mol. The molecule has 0 aliphatic heterocycles. The molecular formula is C31H30FN5O5S. The third-order valence-electron chi connectivity index (χ3n) is 6.70. The van der Waals surface area contributed by atoms with Crippen molar-refractivity contribution in [3.63, 3.8) is 0 Å². The van der Waals surface area contributed by atoms with Crippen molar-refractivity contribution in [2.45, 2.75) is 23.5 Å². The number of sulfonamides is 1. The van der Waals surface area contributed by atoms with Crippen LogP contribution in [-0.2, 0) is 21.2 Å². The van der Waals surface area contributed by atoms with Crippen LogP contribution in [0.4, 0.5) is 10.1 Å². The molecule has 0 spiro atoms. The van der Waals surface area contributed by atoms with Gasteiger partial charge >= 0.3 is 0 Å². The fraction of sp³-hybridized carbons (Fsp3) is 0.194. The van der Waals surface area contributed by atoms with Gasteiger partial charge in [0.25, 0.3) is 15.9 Å². The van der Waals surface area contributed by atoms with Gasteiger partial charge in [-0.2, -0.15) is 4.98 Å². The van der Waals surface area contributed by atoms with E-state index in [0.29, 0.717) is 36.3 Å². The number of benzene rings is 3. The Kier molecular flexibility index (Phi) is 9.52. The Labute approximate surface area is 248 Å². The highest BCUT2D eigenvalue weighted by molar-refractivity contribution is 7.92. The second-order valence-corrected chi connectivity index (χ2v) is 11.4. The van der Waals surface area contributed by atoms with Crippen LogP contribution >= 0.6 is 0 Å². The van der Waals surface area contributed by atoms with Gasteiger partial charge in [0.1, 0.15) is 5.82 Å². The van der Waals surface area contributed by atoms with Gasteiger partial charge in [-0.3, -0.25) is 9.71 Å². The number of anilines is 1. The summed E-state index contributed by atoms with van der Waals surface area (Å²) < 4.78 is 52.7. The number of hydrogen-bond acceptors (Lipinski definition) is 9. The molecule has 0 radical (unpaired) electrons. The second-order valence-electron chi connectivity index (χ2n) is 9.71. The van der Waals surface area contributed by atoms with Crippen molar-refractivity contribution < 1.29 is 27.2 Å². The van der Waals surface area contributed by atoms with Crippen LogP contribution in [0.1, 0.15) is 34.8 Å². The number of aliphatic hydroxyl groups excluding tert-OH is 1. The Morgan fingerprint density at radius 2 is 1.72 bits per heavy atom. The van der Waals surface area contributed by atoms with Gasteiger partial charge in [0.2, 0.25) is 5.82 Å². The largest absolute Gasteiger partial charge is 0.387 e. The molecule has 0 aliphatic carbocycles. The van der Waals surface area contributed by atoms with E-state index in [4.69, 9.17) is 9.26 Å². The Bertz CT molecular complexity index is 1720. The number of methoxy groups -OCH3 is 1. The van der Waals surface area contributed by atoms with Crippen molar-refractivity contribution in [1.29, 1.82) is 0 Å². The monoisotopic (exact) mass is 603 g/mol. The van der Waals surface area contributed by atoms with Crippen LogP contribution in [0.3, 0.4) is 0 Å². The number of rotatable bonds is 13. The third-order valence-corrected chi connectivity index (χ3v) is 8.10. The lowest BCUT2D eigenvalue weighted by Crippen LogP contribution is -2.23. The maximum Gasteiger partial charge on any atom is 0.261 e. The van der Waals surface area contributed by atoms with Crippen LogP contribution in [0.15, 0.2) is 107 Å². The lowest BCUT2D eigenvalue weighted by molar-refractivity contribution is 0.105. The fourth-order valence-corrected chi connectivity index (χ4v) is 5.43. The van der Waals surface area contributed by atoms with Crippen LogP contribution in [-0.4, -0.2) is 48.8 Å². The van der Waals surface area contributed by atoms with E-state index in [1.807, 2.05) is 18.2 Å². The van der Waals surface area contributed by atoms with Crippen LogP contribution in [0.5, 0.6) is 0 Å². The van der Waals surface area contributed by atoms with Crippen molar-refractivity contribution in [2.75, 3.05) is 24.9 Å². The number of aromatic nitrogens is 3. The SMILES string of the molecule is CO[C@H](c1ccc(F)cc1)c1nc(-c2ccc(S(=O)(=O)Nc3ccc(CCNCC(O)c4cccnc4)cc3)cc2)no1. The summed E-state index contributed by atoms with van der Waals surface area (Å²) in [4.78, 5) is 8.47. The molecule has 222 valence electrons. The lowest BCUT2D eigenvalue weighted by Gasteiger charge is -2.12. The molecule has 0 saturated heterocycles. The number of halogens is 1. The molecule has 10 nitrogen and oxygen atoms in total. The van der Waals surface area contributed by atoms with Gasteiger partial charge in [-0.05, 0) is 78.7 Å². The zero-order valence-corrected chi connectivity index (χ0v) is 24.0. The van der Waals surface area contributed by atoms with E-state index in [1.165, 1.54) is 31.4 Å². The van der Waals surface area contributed by atoms with Gasteiger partial charge in [0.15, 0.2) is 6.10 Å². The van der Waals surface area contributed by atoms with Crippen molar-refractivity contribution >= 4 is 15.7 Å². The molecular weight excluding hydrogens is 573 g/mol. The zero-order valence-electron chi connectivity index (χ0n) is 23.2. The van der Waals surface area contributed by atoms with E-state index in [9.17, 15) is 17.9 Å². The molecule has 0 amide bonds. The van der Waals surface area contributed by atoms with Gasteiger partial charge in [-0.25, -0.2) is 12.8 Å². The normalized spacial score (nSPS) is 13.0. The van der Waals surface area contributed by atoms with E-state index >= 15 is 0 Å². The molecule has 3 N–H and O–H groups in total. The maximum atomic E-state index is 13.3. The molecule has 2 atom stereocenters. The summed E-state index contributed by atoms with van der Waals surface area (Å²) in [5, 5.41) is 17.4. The highest BCUT2D eigenvalue weighted by Gasteiger charge is 2.22. The molecule has 0 aliphatic rings. The fourth-order valence-electron chi connectivity index (χ4n) is 4.38. The summed E-state index contributed by atoms with van der Waals surface area (Å²) in [5.41, 5.74) is 3.40. The first kappa shape index (κ1) is 30.0. The predicted octanol–water partition coefficient (Wildman–Crippen LogP) is 4.67. The molecule has 0 fully saturated rings. The second kappa shape index (κ2) is 13.7. The van der Waals surface area contributed by atoms with E-state index in [-0.39, 0.29) is 22.4 Å². The van der Waals surface area contributed by atoms with Crippen molar-refractivity contribution in [2.24, 2.45) is 0 Å². The molecule has 0 saturated carbocycles. The zero-order chi connectivity index (χ0) is 30.2. The van der Waals surface area contributed by atoms with E-state index in [0.717, 1.165) is 11.1 Å². The molecule has 5 aromatic rings. The van der Waals surface area contributed by atoms with E-state index in [2.05, 4.69) is 25.2 Å². The molecule has 3 aromatic carbocycles. The number of ether oxygens (including phenoxy) is 1. The van der Waals surface area contributed by atoms with Gasteiger partial charge < -0.3 is 19.7 Å². The minimum Gasteiger partial charge on any atom is -0.387 e. The topological polar surface area (TPSA) is 139 Å². The van der Waals surface area contributed by atoms with Gasteiger partial charge in [0.05, 0.1) is 11.0 Å². The molecule has 43 heavy (non-hydrogen) atoms. The standard InChI is InChI=1S/C31H30FN5O5S/c1-41-29(22-6-10-25(32)11-7-22)31-35-30(36-42-31)23-8-14-27(15-9-23)43(39,40)37-26-12-4-21(5-13-26)16-18-34-20-28(38)24-3-2-17-33-19-24/h2-15,17,19,28-29,34,37-38H,16,18,20H2,1H3/t28?,29-/m1/s1. The lowest BCUT2D eigenvalue weighted by atomic mass is 10.1. The first-order chi connectivity index (χ1) is 20.8. The molecule has 12 heteroatoms. The molecule has 2 heterocycles. The number of aliphatic hydroxyl groups is 1. The first-order valence-electron chi connectivity index (χ1n) is 13.4. The van der Waals surface area contributed by atoms with Gasteiger partial charge in [0, 0.05) is 42.9 Å². The summed E-state index contributed by atoms with van der Waals surface area (Å²) in [5.74, 6) is 0.0713. The summed E-state index contributed by atoms with van der Waals surface area (Å²) >= 11 is 0. The van der Waals surface area contributed by atoms with Crippen LogP contribution in [0, 0.1) is 5.82 Å². The van der Waals surface area contributed by atoms with Crippen LogP contribution < -0.4 is 10.0 Å². The Morgan fingerprint density at radius 1 is 0.977 bits per heavy atom. The Morgan fingerprint density at radius 3 is 2.40 bits per heavy atom. The number of nitrogens with zero attached hydrogens (tertiary/aromatic N) is 3. The summed E-state index contributed by atoms with van der Waals surface area (Å²) in [7, 11) is -2.36. The quantitative estimate of drug-likeness (QED) is 0.164. The number of hydrogen-bond donors (Lipinski definition) is 3. The van der Waals surface area contributed by atoms with Crippen LogP contribution in [0.2, 0.25) is 0 Å². The molecule has 5 rings (SSSR count). The molecule has 0 bridgehead atoms. The molecule has 2 aromatic heterocycles. The Hall–Kier alpha value is -4.49. The smallest absolute Gasteiger partial charge is 0.261 e. The highest BCUT2D eigenvalue weighted by Crippen LogP contribution is 2.27. The highest BCUT2D eigenvalue weighted by atomic mass is 32.2. The Balaban J connectivity index is 1.15. The van der Waals surface area contributed by atoms with Crippen molar-refractivity contribution in [3.05, 3.63) is 126 Å². The number of nitrogens with one attached hydrogen (secondary N) is 2.